The Hall–Kier alpha value is -2.73. The van der Waals surface area contributed by atoms with Crippen LogP contribution >= 0.6 is 0 Å². The number of fused-ring (bicyclic) bond motifs is 1. The summed E-state index contributed by atoms with van der Waals surface area (Å²) in [6.45, 7) is 3.76. The number of rotatable bonds is 3. The maximum atomic E-state index is 12.3. The minimum absolute atomic E-state index is 0.0444. The smallest absolute Gasteiger partial charge is 0.343 e. The van der Waals surface area contributed by atoms with Gasteiger partial charge in [0.05, 0.1) is 5.56 Å². The summed E-state index contributed by atoms with van der Waals surface area (Å²) in [7, 11) is 1.57. The fraction of sp³-hybridized carbons (Fsp3) is 0.316. The highest BCUT2D eigenvalue weighted by Crippen LogP contribution is 2.39. The molecular formula is C19H20O6. The van der Waals surface area contributed by atoms with E-state index in [0.29, 0.717) is 29.1 Å². The summed E-state index contributed by atoms with van der Waals surface area (Å²) >= 11 is 0. The number of aromatic hydroxyl groups is 2. The van der Waals surface area contributed by atoms with Gasteiger partial charge in [-0.05, 0) is 29.7 Å². The maximum absolute atomic E-state index is 12.3. The van der Waals surface area contributed by atoms with Crippen molar-refractivity contribution in [3.8, 4) is 17.2 Å². The molecule has 1 aliphatic rings. The minimum Gasteiger partial charge on any atom is -0.504 e. The Morgan fingerprint density at radius 3 is 2.68 bits per heavy atom. The quantitative estimate of drug-likeness (QED) is 0.829. The standard InChI is InChI=1S/C19H20O6/c1-11-10-19(2,23-3)25-16-9-13(24-18(22)17(11)16)6-4-12-5-7-14(20)15(21)8-12/h4-9,11,20-21H,10H2,1-3H3/b6-4+. The molecule has 0 amide bonds. The van der Waals surface area contributed by atoms with E-state index in [1.54, 1.807) is 31.4 Å². The van der Waals surface area contributed by atoms with Gasteiger partial charge >= 0.3 is 5.63 Å². The van der Waals surface area contributed by atoms with Crippen LogP contribution in [0.5, 0.6) is 17.2 Å². The van der Waals surface area contributed by atoms with Crippen LogP contribution in [0.1, 0.15) is 43.1 Å². The first-order valence-corrected chi connectivity index (χ1v) is 7.93. The van der Waals surface area contributed by atoms with Gasteiger partial charge in [0.1, 0.15) is 11.5 Å². The van der Waals surface area contributed by atoms with Gasteiger partial charge < -0.3 is 24.1 Å². The molecular weight excluding hydrogens is 324 g/mol. The van der Waals surface area contributed by atoms with Crippen LogP contribution in [0, 0.1) is 0 Å². The van der Waals surface area contributed by atoms with Gasteiger partial charge in [-0.1, -0.05) is 19.1 Å². The second-order valence-electron chi connectivity index (χ2n) is 6.34. The molecule has 2 aromatic rings. The summed E-state index contributed by atoms with van der Waals surface area (Å²) < 4.78 is 16.6. The Kier molecular flexibility index (Phi) is 4.30. The van der Waals surface area contributed by atoms with Crippen LogP contribution in [-0.2, 0) is 4.74 Å². The molecule has 2 atom stereocenters. The molecule has 2 heterocycles. The predicted molar refractivity (Wildman–Crippen MR) is 92.8 cm³/mol. The van der Waals surface area contributed by atoms with Crippen LogP contribution in [0.15, 0.2) is 33.5 Å². The molecule has 3 rings (SSSR count). The minimum atomic E-state index is -0.788. The summed E-state index contributed by atoms with van der Waals surface area (Å²) in [5.74, 6) is -0.474. The first-order valence-electron chi connectivity index (χ1n) is 7.93. The highest BCUT2D eigenvalue weighted by Gasteiger charge is 2.37. The SMILES string of the molecule is COC1(C)CC(C)c2c(cc(/C=C/c3ccc(O)c(O)c3)oc2=O)O1. The van der Waals surface area contributed by atoms with E-state index in [0.717, 1.165) is 0 Å². The molecule has 0 radical (unpaired) electrons. The second-order valence-corrected chi connectivity index (χ2v) is 6.34. The summed E-state index contributed by atoms with van der Waals surface area (Å²) in [6.07, 6.45) is 3.81. The highest BCUT2D eigenvalue weighted by atomic mass is 16.7. The zero-order valence-corrected chi connectivity index (χ0v) is 14.3. The number of phenolic OH excluding ortho intramolecular Hbond substituents is 2. The van der Waals surface area contributed by atoms with Gasteiger partial charge in [-0.3, -0.25) is 0 Å². The lowest BCUT2D eigenvalue weighted by molar-refractivity contribution is -0.165. The van der Waals surface area contributed by atoms with Crippen LogP contribution in [0.4, 0.5) is 0 Å². The topological polar surface area (TPSA) is 89.1 Å². The van der Waals surface area contributed by atoms with Crippen molar-refractivity contribution in [2.75, 3.05) is 7.11 Å². The van der Waals surface area contributed by atoms with Gasteiger partial charge in [-0.2, -0.15) is 0 Å². The average molecular weight is 344 g/mol. The lowest BCUT2D eigenvalue weighted by atomic mass is 9.91. The Labute approximate surface area is 144 Å². The zero-order valence-electron chi connectivity index (χ0n) is 14.3. The van der Waals surface area contributed by atoms with E-state index in [1.165, 1.54) is 12.1 Å². The zero-order chi connectivity index (χ0) is 18.2. The summed E-state index contributed by atoms with van der Waals surface area (Å²) in [5.41, 5.74) is 0.719. The fourth-order valence-corrected chi connectivity index (χ4v) is 2.99. The number of hydrogen-bond acceptors (Lipinski definition) is 6. The summed E-state index contributed by atoms with van der Waals surface area (Å²) in [6, 6.07) is 6.07. The molecule has 6 heteroatoms. The van der Waals surface area contributed by atoms with Gasteiger partial charge in [-0.15, -0.1) is 0 Å². The van der Waals surface area contributed by atoms with E-state index in [1.807, 2.05) is 13.8 Å². The Bertz CT molecular complexity index is 882. The number of methoxy groups -OCH3 is 1. The Balaban J connectivity index is 1.95. The molecule has 6 nitrogen and oxygen atoms in total. The van der Waals surface area contributed by atoms with Gasteiger partial charge in [0.25, 0.3) is 0 Å². The van der Waals surface area contributed by atoms with E-state index < -0.39 is 11.4 Å². The van der Waals surface area contributed by atoms with Gasteiger partial charge in [0.2, 0.25) is 5.79 Å². The van der Waals surface area contributed by atoms with Crippen LogP contribution in [-0.4, -0.2) is 23.1 Å². The van der Waals surface area contributed by atoms with E-state index in [2.05, 4.69) is 0 Å². The third-order valence-corrected chi connectivity index (χ3v) is 4.34. The van der Waals surface area contributed by atoms with E-state index in [-0.39, 0.29) is 17.4 Å². The Morgan fingerprint density at radius 1 is 1.24 bits per heavy atom. The van der Waals surface area contributed by atoms with Crippen molar-refractivity contribution in [1.82, 2.24) is 0 Å². The molecule has 0 spiro atoms. The number of ether oxygens (including phenoxy) is 2. The number of hydrogen-bond donors (Lipinski definition) is 2. The molecule has 1 aliphatic heterocycles. The lowest BCUT2D eigenvalue weighted by Gasteiger charge is -2.36. The van der Waals surface area contributed by atoms with Crippen molar-refractivity contribution in [3.63, 3.8) is 0 Å². The number of benzene rings is 1. The molecule has 0 bridgehead atoms. The van der Waals surface area contributed by atoms with E-state index >= 15 is 0 Å². The van der Waals surface area contributed by atoms with Gasteiger partial charge in [0, 0.05) is 26.5 Å². The molecule has 0 aliphatic carbocycles. The van der Waals surface area contributed by atoms with E-state index in [4.69, 9.17) is 13.9 Å². The van der Waals surface area contributed by atoms with Crippen molar-refractivity contribution in [3.05, 3.63) is 51.6 Å². The Morgan fingerprint density at radius 2 is 2.00 bits per heavy atom. The van der Waals surface area contributed by atoms with Crippen molar-refractivity contribution in [2.45, 2.75) is 32.0 Å². The highest BCUT2D eigenvalue weighted by molar-refractivity contribution is 5.69. The largest absolute Gasteiger partial charge is 0.504 e. The monoisotopic (exact) mass is 344 g/mol. The van der Waals surface area contributed by atoms with Crippen molar-refractivity contribution in [2.24, 2.45) is 0 Å². The molecule has 2 N–H and O–H groups in total. The first-order chi connectivity index (χ1) is 11.8. The molecule has 0 saturated heterocycles. The molecule has 0 fully saturated rings. The number of phenols is 2. The van der Waals surface area contributed by atoms with Crippen molar-refractivity contribution in [1.29, 1.82) is 0 Å². The average Bonchev–Trinajstić information content (AvgIpc) is 2.55. The molecule has 1 aromatic heterocycles. The molecule has 132 valence electrons. The molecule has 1 aromatic carbocycles. The third kappa shape index (κ3) is 3.39. The lowest BCUT2D eigenvalue weighted by Crippen LogP contribution is -2.40. The van der Waals surface area contributed by atoms with Crippen molar-refractivity contribution >= 4 is 12.2 Å². The van der Waals surface area contributed by atoms with Gasteiger partial charge in [0.15, 0.2) is 11.5 Å². The molecule has 0 saturated carbocycles. The molecule has 25 heavy (non-hydrogen) atoms. The summed E-state index contributed by atoms with van der Waals surface area (Å²) in [4.78, 5) is 12.3. The van der Waals surface area contributed by atoms with Crippen LogP contribution < -0.4 is 10.4 Å². The van der Waals surface area contributed by atoms with Crippen LogP contribution in [0.3, 0.4) is 0 Å². The third-order valence-electron chi connectivity index (χ3n) is 4.34. The normalized spacial score (nSPS) is 22.6. The van der Waals surface area contributed by atoms with Crippen LogP contribution in [0.2, 0.25) is 0 Å². The molecule has 2 unspecified atom stereocenters. The fourth-order valence-electron chi connectivity index (χ4n) is 2.99. The summed E-state index contributed by atoms with van der Waals surface area (Å²) in [5, 5.41) is 18.9. The van der Waals surface area contributed by atoms with Crippen LogP contribution in [0.25, 0.3) is 12.2 Å². The predicted octanol–water partition coefficient (Wildman–Crippen LogP) is 3.47. The van der Waals surface area contributed by atoms with Gasteiger partial charge in [-0.25, -0.2) is 4.79 Å². The first kappa shape index (κ1) is 17.1. The van der Waals surface area contributed by atoms with E-state index in [9.17, 15) is 15.0 Å². The maximum Gasteiger partial charge on any atom is 0.343 e. The van der Waals surface area contributed by atoms with Crippen molar-refractivity contribution < 1.29 is 24.1 Å². The second kappa shape index (κ2) is 6.29.